The zero-order valence-corrected chi connectivity index (χ0v) is 17.2. The lowest BCUT2D eigenvalue weighted by Crippen LogP contribution is -2.27. The van der Waals surface area contributed by atoms with Crippen LogP contribution in [0.2, 0.25) is 0 Å². The molecule has 0 radical (unpaired) electrons. The van der Waals surface area contributed by atoms with Crippen molar-refractivity contribution in [2.24, 2.45) is 0 Å². The minimum atomic E-state index is -0.177. The third-order valence-corrected chi connectivity index (χ3v) is 5.43. The predicted molar refractivity (Wildman–Crippen MR) is 117 cm³/mol. The first kappa shape index (κ1) is 20.6. The van der Waals surface area contributed by atoms with Crippen LogP contribution in [0.25, 0.3) is 0 Å². The van der Waals surface area contributed by atoms with Gasteiger partial charge in [-0.2, -0.15) is 0 Å². The van der Waals surface area contributed by atoms with Gasteiger partial charge in [-0.3, -0.25) is 14.6 Å². The molecule has 0 aliphatic carbocycles. The van der Waals surface area contributed by atoms with Gasteiger partial charge in [-0.25, -0.2) is 0 Å². The lowest BCUT2D eigenvalue weighted by molar-refractivity contribution is -0.113. The van der Waals surface area contributed by atoms with Crippen molar-refractivity contribution in [3.63, 3.8) is 0 Å². The van der Waals surface area contributed by atoms with Gasteiger partial charge in [-0.05, 0) is 49.7 Å². The Bertz CT molecular complexity index is 975. The van der Waals surface area contributed by atoms with Gasteiger partial charge in [0.25, 0.3) is 5.91 Å². The monoisotopic (exact) mass is 405 g/mol. The molecule has 2 amide bonds. The van der Waals surface area contributed by atoms with Gasteiger partial charge in [0.05, 0.1) is 17.4 Å². The summed E-state index contributed by atoms with van der Waals surface area (Å²) in [7, 11) is 0. The average molecular weight is 406 g/mol. The van der Waals surface area contributed by atoms with Crippen LogP contribution in [0.15, 0.2) is 78.0 Å². The highest BCUT2D eigenvalue weighted by Gasteiger charge is 2.16. The van der Waals surface area contributed by atoms with Crippen molar-refractivity contribution in [1.29, 1.82) is 0 Å². The first-order valence-electron chi connectivity index (χ1n) is 9.32. The molecule has 3 aromatic rings. The van der Waals surface area contributed by atoms with E-state index in [1.54, 1.807) is 18.5 Å². The van der Waals surface area contributed by atoms with Gasteiger partial charge in [0.1, 0.15) is 0 Å². The third-order valence-electron chi connectivity index (χ3n) is 4.36. The van der Waals surface area contributed by atoms with Crippen LogP contribution in [-0.2, 0) is 4.79 Å². The summed E-state index contributed by atoms with van der Waals surface area (Å²) in [6, 6.07) is 18.6. The summed E-state index contributed by atoms with van der Waals surface area (Å²) in [4.78, 5) is 29.9. The Morgan fingerprint density at radius 2 is 1.79 bits per heavy atom. The molecule has 0 aliphatic rings. The van der Waals surface area contributed by atoms with Gasteiger partial charge in [0.15, 0.2) is 0 Å². The van der Waals surface area contributed by atoms with Crippen LogP contribution < -0.4 is 10.6 Å². The van der Waals surface area contributed by atoms with E-state index in [1.165, 1.54) is 11.8 Å². The summed E-state index contributed by atoms with van der Waals surface area (Å²) >= 11 is 1.34. The van der Waals surface area contributed by atoms with E-state index < -0.39 is 0 Å². The van der Waals surface area contributed by atoms with Crippen molar-refractivity contribution >= 4 is 29.3 Å². The van der Waals surface area contributed by atoms with Gasteiger partial charge in [0.2, 0.25) is 5.91 Å². The SMILES string of the molecule is Cc1ccc(NC(=O)CSc2ccccc2C(=O)NC(C)c2cccnc2)cc1. The van der Waals surface area contributed by atoms with Gasteiger partial charge in [0, 0.05) is 23.0 Å². The second-order valence-corrected chi connectivity index (χ2v) is 7.70. The number of anilines is 1. The fourth-order valence-electron chi connectivity index (χ4n) is 2.75. The molecule has 0 saturated heterocycles. The number of pyridine rings is 1. The molecule has 3 rings (SSSR count). The van der Waals surface area contributed by atoms with Crippen molar-refractivity contribution in [3.05, 3.63) is 89.7 Å². The highest BCUT2D eigenvalue weighted by atomic mass is 32.2. The number of rotatable bonds is 7. The molecule has 0 saturated carbocycles. The van der Waals surface area contributed by atoms with E-state index >= 15 is 0 Å². The molecular weight excluding hydrogens is 382 g/mol. The van der Waals surface area contributed by atoms with Crippen molar-refractivity contribution in [1.82, 2.24) is 10.3 Å². The fourth-order valence-corrected chi connectivity index (χ4v) is 3.60. The largest absolute Gasteiger partial charge is 0.345 e. The smallest absolute Gasteiger partial charge is 0.252 e. The minimum Gasteiger partial charge on any atom is -0.345 e. The van der Waals surface area contributed by atoms with Crippen LogP contribution in [0.3, 0.4) is 0 Å². The molecule has 6 heteroatoms. The predicted octanol–water partition coefficient (Wildman–Crippen LogP) is 4.61. The average Bonchev–Trinajstić information content (AvgIpc) is 2.74. The topological polar surface area (TPSA) is 71.1 Å². The molecule has 2 N–H and O–H groups in total. The highest BCUT2D eigenvalue weighted by Crippen LogP contribution is 2.24. The Labute approximate surface area is 175 Å². The number of thioether (sulfide) groups is 1. The molecule has 148 valence electrons. The third kappa shape index (κ3) is 5.93. The Morgan fingerprint density at radius 1 is 1.03 bits per heavy atom. The van der Waals surface area contributed by atoms with Gasteiger partial charge >= 0.3 is 0 Å². The van der Waals surface area contributed by atoms with E-state index in [-0.39, 0.29) is 23.6 Å². The molecule has 29 heavy (non-hydrogen) atoms. The van der Waals surface area contributed by atoms with Crippen LogP contribution in [0, 0.1) is 6.92 Å². The van der Waals surface area contributed by atoms with Crippen LogP contribution in [-0.4, -0.2) is 22.6 Å². The molecule has 0 fully saturated rings. The maximum Gasteiger partial charge on any atom is 0.252 e. The molecule has 1 heterocycles. The fraction of sp³-hybridized carbons (Fsp3) is 0.174. The van der Waals surface area contributed by atoms with Crippen LogP contribution in [0.5, 0.6) is 0 Å². The van der Waals surface area contributed by atoms with Gasteiger partial charge < -0.3 is 10.6 Å². The summed E-state index contributed by atoms with van der Waals surface area (Å²) in [5.74, 6) is -0.0720. The first-order chi connectivity index (χ1) is 14.0. The van der Waals surface area contributed by atoms with Crippen molar-refractivity contribution in [2.75, 3.05) is 11.1 Å². The summed E-state index contributed by atoms with van der Waals surface area (Å²) in [5.41, 5.74) is 3.38. The number of aryl methyl sites for hydroxylation is 1. The zero-order chi connectivity index (χ0) is 20.6. The van der Waals surface area contributed by atoms with Crippen LogP contribution in [0.1, 0.15) is 34.5 Å². The summed E-state index contributed by atoms with van der Waals surface area (Å²) in [6.07, 6.45) is 3.44. The summed E-state index contributed by atoms with van der Waals surface area (Å²) in [6.45, 7) is 3.91. The molecule has 1 aromatic heterocycles. The van der Waals surface area contributed by atoms with Crippen molar-refractivity contribution < 1.29 is 9.59 Å². The van der Waals surface area contributed by atoms with E-state index in [9.17, 15) is 9.59 Å². The maximum atomic E-state index is 12.8. The second-order valence-electron chi connectivity index (χ2n) is 6.68. The van der Waals surface area contributed by atoms with E-state index in [4.69, 9.17) is 0 Å². The molecule has 5 nitrogen and oxygen atoms in total. The van der Waals surface area contributed by atoms with E-state index in [2.05, 4.69) is 15.6 Å². The number of hydrogen-bond acceptors (Lipinski definition) is 4. The molecule has 0 aliphatic heterocycles. The number of hydrogen-bond donors (Lipinski definition) is 2. The number of amides is 2. The lowest BCUT2D eigenvalue weighted by atomic mass is 10.1. The standard InChI is InChI=1S/C23H23N3O2S/c1-16-9-11-19(12-10-16)26-22(27)15-29-21-8-4-3-7-20(21)23(28)25-17(2)18-6-5-13-24-14-18/h3-14,17H,15H2,1-2H3,(H,25,28)(H,26,27). The number of nitrogens with one attached hydrogen (secondary N) is 2. The zero-order valence-electron chi connectivity index (χ0n) is 16.4. The maximum absolute atomic E-state index is 12.8. The van der Waals surface area contributed by atoms with E-state index in [0.29, 0.717) is 5.56 Å². The van der Waals surface area contributed by atoms with Crippen LogP contribution in [0.4, 0.5) is 5.69 Å². The molecule has 0 spiro atoms. The summed E-state index contributed by atoms with van der Waals surface area (Å²) in [5, 5.41) is 5.87. The second kappa shape index (κ2) is 9.89. The Hall–Kier alpha value is -3.12. The number of benzene rings is 2. The quantitative estimate of drug-likeness (QED) is 0.563. The van der Waals surface area contributed by atoms with Crippen LogP contribution >= 0.6 is 11.8 Å². The Morgan fingerprint density at radius 3 is 2.52 bits per heavy atom. The number of nitrogens with zero attached hydrogens (tertiary/aromatic N) is 1. The first-order valence-corrected chi connectivity index (χ1v) is 10.3. The number of carbonyl (C=O) groups excluding carboxylic acids is 2. The van der Waals surface area contributed by atoms with E-state index in [1.807, 2.05) is 68.4 Å². The van der Waals surface area contributed by atoms with Gasteiger partial charge in [-0.15, -0.1) is 11.8 Å². The van der Waals surface area contributed by atoms with Crippen molar-refractivity contribution in [2.45, 2.75) is 24.8 Å². The molecule has 2 aromatic carbocycles. The number of carbonyl (C=O) groups is 2. The molecule has 0 bridgehead atoms. The molecule has 1 atom stereocenters. The highest BCUT2D eigenvalue weighted by molar-refractivity contribution is 8.00. The molecule has 1 unspecified atom stereocenters. The minimum absolute atomic E-state index is 0.113. The Balaban J connectivity index is 1.61. The van der Waals surface area contributed by atoms with Gasteiger partial charge in [-0.1, -0.05) is 35.9 Å². The number of aromatic nitrogens is 1. The van der Waals surface area contributed by atoms with E-state index in [0.717, 1.165) is 21.7 Å². The lowest BCUT2D eigenvalue weighted by Gasteiger charge is -2.15. The van der Waals surface area contributed by atoms with Crippen molar-refractivity contribution in [3.8, 4) is 0 Å². The summed E-state index contributed by atoms with van der Waals surface area (Å²) < 4.78 is 0. The normalized spacial score (nSPS) is 11.5. The molecular formula is C23H23N3O2S. The Kier molecular flexibility index (Phi) is 7.03.